The lowest BCUT2D eigenvalue weighted by Crippen LogP contribution is -2.58. The van der Waals surface area contributed by atoms with Crippen molar-refractivity contribution in [3.63, 3.8) is 0 Å². The molecular weight excluding hydrogens is 174 g/mol. The first-order valence-electron chi connectivity index (χ1n) is 5.74. The average Bonchev–Trinajstić information content (AvgIpc) is 2.70. The van der Waals surface area contributed by atoms with Crippen LogP contribution in [0, 0.1) is 17.8 Å². The van der Waals surface area contributed by atoms with Gasteiger partial charge in [-0.05, 0) is 24.8 Å². The van der Waals surface area contributed by atoms with Crippen LogP contribution in [0.4, 0.5) is 0 Å². The van der Waals surface area contributed by atoms with Crippen LogP contribution in [0.2, 0.25) is 0 Å². The third-order valence-electron chi connectivity index (χ3n) is 4.14. The summed E-state index contributed by atoms with van der Waals surface area (Å²) in [4.78, 5) is 2.62. The average molecular weight is 193 g/mol. The zero-order valence-electron chi connectivity index (χ0n) is 8.74. The quantitative estimate of drug-likeness (QED) is 0.637. The van der Waals surface area contributed by atoms with Gasteiger partial charge in [0.1, 0.15) is 0 Å². The lowest BCUT2D eigenvalue weighted by atomic mass is 9.72. The van der Waals surface area contributed by atoms with Gasteiger partial charge in [-0.25, -0.2) is 0 Å². The van der Waals surface area contributed by atoms with Crippen LogP contribution in [-0.2, 0) is 0 Å². The molecule has 2 N–H and O–H groups in total. The van der Waals surface area contributed by atoms with E-state index in [0.717, 1.165) is 17.8 Å². The summed E-state index contributed by atoms with van der Waals surface area (Å²) < 4.78 is 0. The minimum Gasteiger partial charge on any atom is -0.370 e. The van der Waals surface area contributed by atoms with Gasteiger partial charge >= 0.3 is 0 Å². The molecule has 3 heteroatoms. The molecule has 0 aromatic carbocycles. The molecule has 4 aliphatic rings. The van der Waals surface area contributed by atoms with E-state index < -0.39 is 0 Å². The second-order valence-corrected chi connectivity index (χ2v) is 5.00. The molecule has 0 spiro atoms. The molecule has 3 saturated heterocycles. The maximum Gasteiger partial charge on any atom is 0.1000 e. The maximum atomic E-state index is 3.41. The van der Waals surface area contributed by atoms with Crippen LogP contribution in [-0.4, -0.2) is 30.7 Å². The third-order valence-corrected chi connectivity index (χ3v) is 4.14. The van der Waals surface area contributed by atoms with Crippen molar-refractivity contribution < 1.29 is 0 Å². The van der Waals surface area contributed by atoms with Crippen molar-refractivity contribution in [2.75, 3.05) is 19.6 Å². The summed E-state index contributed by atoms with van der Waals surface area (Å²) in [6.07, 6.45) is 5.96. The smallest absolute Gasteiger partial charge is 0.1000 e. The molecule has 0 aromatic rings. The van der Waals surface area contributed by atoms with Crippen LogP contribution in [0.1, 0.15) is 13.3 Å². The number of piperidine rings is 3. The summed E-state index contributed by atoms with van der Waals surface area (Å²) in [6, 6.07) is 0. The van der Waals surface area contributed by atoms with Gasteiger partial charge in [0.15, 0.2) is 0 Å². The monoisotopic (exact) mass is 193 g/mol. The Labute approximate surface area is 85.5 Å². The van der Waals surface area contributed by atoms with Crippen LogP contribution >= 0.6 is 0 Å². The SMILES string of the molecule is CC1CN2CCC1C(C1NC=CN1)C2. The van der Waals surface area contributed by atoms with E-state index in [9.17, 15) is 0 Å². The molecule has 4 aliphatic heterocycles. The van der Waals surface area contributed by atoms with Crippen molar-refractivity contribution in [2.24, 2.45) is 17.8 Å². The number of nitrogens with zero attached hydrogens (tertiary/aromatic N) is 1. The fraction of sp³-hybridized carbons (Fsp3) is 0.818. The summed E-state index contributed by atoms with van der Waals surface area (Å²) in [7, 11) is 0. The van der Waals surface area contributed by atoms with Crippen molar-refractivity contribution >= 4 is 0 Å². The van der Waals surface area contributed by atoms with E-state index in [-0.39, 0.29) is 0 Å². The highest BCUT2D eigenvalue weighted by molar-refractivity contribution is 5.00. The second kappa shape index (κ2) is 3.16. The molecule has 14 heavy (non-hydrogen) atoms. The van der Waals surface area contributed by atoms with Gasteiger partial charge in [0.05, 0.1) is 6.17 Å². The van der Waals surface area contributed by atoms with Gasteiger partial charge in [0.25, 0.3) is 0 Å². The largest absolute Gasteiger partial charge is 0.370 e. The van der Waals surface area contributed by atoms with Crippen LogP contribution < -0.4 is 10.6 Å². The van der Waals surface area contributed by atoms with E-state index in [1.165, 1.54) is 26.1 Å². The van der Waals surface area contributed by atoms with E-state index in [1.54, 1.807) is 0 Å². The fourth-order valence-electron chi connectivity index (χ4n) is 3.44. The lowest BCUT2D eigenvalue weighted by Gasteiger charge is -2.50. The Kier molecular flexibility index (Phi) is 1.94. The highest BCUT2D eigenvalue weighted by atomic mass is 15.2. The molecule has 4 unspecified atom stereocenters. The van der Waals surface area contributed by atoms with Gasteiger partial charge in [-0.2, -0.15) is 0 Å². The maximum absolute atomic E-state index is 3.41. The molecule has 4 heterocycles. The minimum atomic E-state index is 0.491. The Balaban J connectivity index is 1.74. The van der Waals surface area contributed by atoms with Crippen LogP contribution in [0.25, 0.3) is 0 Å². The lowest BCUT2D eigenvalue weighted by molar-refractivity contribution is -0.0103. The van der Waals surface area contributed by atoms with E-state index in [0.29, 0.717) is 6.17 Å². The summed E-state index contributed by atoms with van der Waals surface area (Å²) >= 11 is 0. The van der Waals surface area contributed by atoms with Crippen molar-refractivity contribution in [1.29, 1.82) is 0 Å². The van der Waals surface area contributed by atoms with Gasteiger partial charge < -0.3 is 15.5 Å². The van der Waals surface area contributed by atoms with Gasteiger partial charge in [-0.15, -0.1) is 0 Å². The topological polar surface area (TPSA) is 27.3 Å². The van der Waals surface area contributed by atoms with E-state index in [4.69, 9.17) is 0 Å². The Bertz CT molecular complexity index is 243. The van der Waals surface area contributed by atoms with Gasteiger partial charge in [0, 0.05) is 31.4 Å². The zero-order valence-corrected chi connectivity index (χ0v) is 8.74. The molecule has 3 nitrogen and oxygen atoms in total. The number of hydrogen-bond donors (Lipinski definition) is 2. The number of hydrogen-bond acceptors (Lipinski definition) is 3. The Morgan fingerprint density at radius 2 is 1.93 bits per heavy atom. The van der Waals surface area contributed by atoms with Gasteiger partial charge in [-0.1, -0.05) is 6.92 Å². The fourth-order valence-corrected chi connectivity index (χ4v) is 3.44. The molecule has 2 bridgehead atoms. The molecule has 0 aromatic heterocycles. The molecule has 3 fully saturated rings. The first-order valence-corrected chi connectivity index (χ1v) is 5.74. The summed E-state index contributed by atoms with van der Waals surface area (Å²) in [6.45, 7) is 6.33. The molecular formula is C11H19N3. The van der Waals surface area contributed by atoms with Crippen molar-refractivity contribution in [3.8, 4) is 0 Å². The standard InChI is InChI=1S/C11H19N3/c1-8-6-14-5-2-9(8)10(7-14)11-12-3-4-13-11/h3-4,8-13H,2,5-7H2,1H3. The van der Waals surface area contributed by atoms with Crippen molar-refractivity contribution in [2.45, 2.75) is 19.5 Å². The van der Waals surface area contributed by atoms with Gasteiger partial charge in [0.2, 0.25) is 0 Å². The van der Waals surface area contributed by atoms with Crippen LogP contribution in [0.5, 0.6) is 0 Å². The first-order chi connectivity index (χ1) is 6.84. The highest BCUT2D eigenvalue weighted by Crippen LogP contribution is 2.37. The van der Waals surface area contributed by atoms with E-state index in [1.807, 2.05) is 12.4 Å². The minimum absolute atomic E-state index is 0.491. The molecule has 78 valence electrons. The highest BCUT2D eigenvalue weighted by Gasteiger charge is 2.42. The van der Waals surface area contributed by atoms with E-state index in [2.05, 4.69) is 22.5 Å². The molecule has 4 rings (SSSR count). The molecule has 0 radical (unpaired) electrons. The van der Waals surface area contributed by atoms with Crippen molar-refractivity contribution in [1.82, 2.24) is 15.5 Å². The zero-order chi connectivity index (χ0) is 9.54. The molecule has 4 atom stereocenters. The normalized spacial score (nSPS) is 46.4. The second-order valence-electron chi connectivity index (χ2n) is 5.00. The Hall–Kier alpha value is -0.700. The predicted octanol–water partition coefficient (Wildman–Crippen LogP) is 0.564. The number of rotatable bonds is 1. The van der Waals surface area contributed by atoms with Crippen LogP contribution in [0.15, 0.2) is 12.4 Å². The Morgan fingerprint density at radius 1 is 1.14 bits per heavy atom. The van der Waals surface area contributed by atoms with Crippen LogP contribution in [0.3, 0.4) is 0 Å². The number of nitrogens with one attached hydrogen (secondary N) is 2. The predicted molar refractivity (Wildman–Crippen MR) is 56.4 cm³/mol. The summed E-state index contributed by atoms with van der Waals surface area (Å²) in [5.74, 6) is 2.60. The summed E-state index contributed by atoms with van der Waals surface area (Å²) in [5, 5.41) is 6.83. The molecule has 0 amide bonds. The number of fused-ring (bicyclic) bond motifs is 3. The van der Waals surface area contributed by atoms with Gasteiger partial charge in [-0.3, -0.25) is 0 Å². The summed E-state index contributed by atoms with van der Waals surface area (Å²) in [5.41, 5.74) is 0. The first kappa shape index (κ1) is 8.60. The Morgan fingerprint density at radius 3 is 2.57 bits per heavy atom. The van der Waals surface area contributed by atoms with E-state index >= 15 is 0 Å². The molecule has 0 saturated carbocycles. The molecule has 0 aliphatic carbocycles. The third kappa shape index (κ3) is 1.22. The van der Waals surface area contributed by atoms with Crippen molar-refractivity contribution in [3.05, 3.63) is 12.4 Å².